The van der Waals surface area contributed by atoms with Crippen molar-refractivity contribution in [2.45, 2.75) is 31.6 Å². The van der Waals surface area contributed by atoms with Gasteiger partial charge in [0.15, 0.2) is 0 Å². The Morgan fingerprint density at radius 2 is 1.59 bits per heavy atom. The van der Waals surface area contributed by atoms with Gasteiger partial charge < -0.3 is 20.5 Å². The van der Waals surface area contributed by atoms with Crippen molar-refractivity contribution in [3.63, 3.8) is 0 Å². The van der Waals surface area contributed by atoms with Crippen LogP contribution in [-0.2, 0) is 14.3 Å². The molecule has 32 heavy (non-hydrogen) atoms. The highest BCUT2D eigenvalue weighted by molar-refractivity contribution is 5.82. The molecule has 0 bridgehead atoms. The predicted molar refractivity (Wildman–Crippen MR) is 119 cm³/mol. The van der Waals surface area contributed by atoms with Crippen LogP contribution in [0.15, 0.2) is 48.5 Å². The third-order valence-corrected chi connectivity index (χ3v) is 6.46. The van der Waals surface area contributed by atoms with E-state index >= 15 is 0 Å². The molecule has 2 aliphatic rings. The lowest BCUT2D eigenvalue weighted by Crippen LogP contribution is -2.40. The summed E-state index contributed by atoms with van der Waals surface area (Å²) in [5.41, 5.74) is 4.58. The molecule has 168 valence electrons. The van der Waals surface area contributed by atoms with Crippen LogP contribution in [0.4, 0.5) is 4.79 Å². The largest absolute Gasteiger partial charge is 0.481 e. The number of fused-ring (bicyclic) bond motifs is 3. The van der Waals surface area contributed by atoms with Crippen molar-refractivity contribution in [3.05, 3.63) is 59.7 Å². The highest BCUT2D eigenvalue weighted by atomic mass is 16.5. The summed E-state index contributed by atoms with van der Waals surface area (Å²) in [6, 6.07) is 16.2. The minimum Gasteiger partial charge on any atom is -0.481 e. The van der Waals surface area contributed by atoms with Gasteiger partial charge in [-0.1, -0.05) is 55.0 Å². The lowest BCUT2D eigenvalue weighted by Gasteiger charge is -2.26. The molecule has 7 nitrogen and oxygen atoms in total. The molecule has 2 aromatic carbocycles. The topological polar surface area (TPSA) is 105 Å². The number of hydrogen-bond acceptors (Lipinski definition) is 4. The summed E-state index contributed by atoms with van der Waals surface area (Å²) in [6.07, 6.45) is 2.41. The average Bonchev–Trinajstić information content (AvgIpc) is 3.14. The van der Waals surface area contributed by atoms with Gasteiger partial charge in [0.1, 0.15) is 6.61 Å². The molecule has 2 aromatic rings. The zero-order valence-corrected chi connectivity index (χ0v) is 17.9. The second kappa shape index (κ2) is 9.85. The molecule has 2 unspecified atom stereocenters. The quantitative estimate of drug-likeness (QED) is 0.616. The maximum atomic E-state index is 12.2. The van der Waals surface area contributed by atoms with E-state index in [9.17, 15) is 14.4 Å². The molecular formula is C25H28N2O5. The minimum atomic E-state index is -0.766. The van der Waals surface area contributed by atoms with E-state index < -0.39 is 12.1 Å². The number of aliphatic carboxylic acids is 1. The first-order valence-electron chi connectivity index (χ1n) is 11.1. The fraction of sp³-hybridized carbons (Fsp3) is 0.400. The van der Waals surface area contributed by atoms with E-state index in [0.717, 1.165) is 35.1 Å². The van der Waals surface area contributed by atoms with Gasteiger partial charge in [0.2, 0.25) is 5.91 Å². The van der Waals surface area contributed by atoms with Crippen LogP contribution < -0.4 is 10.6 Å². The molecule has 1 fully saturated rings. The lowest BCUT2D eigenvalue weighted by molar-refractivity contribution is -0.143. The molecule has 0 radical (unpaired) electrons. The van der Waals surface area contributed by atoms with Crippen LogP contribution in [0.2, 0.25) is 0 Å². The van der Waals surface area contributed by atoms with E-state index in [4.69, 9.17) is 9.84 Å². The van der Waals surface area contributed by atoms with Gasteiger partial charge in [-0.3, -0.25) is 9.59 Å². The molecule has 1 saturated carbocycles. The summed E-state index contributed by atoms with van der Waals surface area (Å²) in [7, 11) is 0. The van der Waals surface area contributed by atoms with Crippen molar-refractivity contribution in [1.29, 1.82) is 0 Å². The Morgan fingerprint density at radius 1 is 0.938 bits per heavy atom. The zero-order valence-electron chi connectivity index (χ0n) is 17.9. The first-order chi connectivity index (χ1) is 15.5. The van der Waals surface area contributed by atoms with Crippen LogP contribution in [0.1, 0.15) is 42.7 Å². The highest BCUT2D eigenvalue weighted by Crippen LogP contribution is 2.44. The second-order valence-electron chi connectivity index (χ2n) is 8.55. The highest BCUT2D eigenvalue weighted by Gasteiger charge is 2.29. The van der Waals surface area contributed by atoms with Gasteiger partial charge >= 0.3 is 12.1 Å². The number of carbonyl (C=O) groups excluding carboxylic acids is 2. The van der Waals surface area contributed by atoms with Crippen molar-refractivity contribution in [2.24, 2.45) is 11.8 Å². The number of amides is 2. The number of ether oxygens (including phenoxy) is 1. The Balaban J connectivity index is 1.22. The summed E-state index contributed by atoms with van der Waals surface area (Å²) in [5, 5.41) is 14.5. The van der Waals surface area contributed by atoms with Gasteiger partial charge in [-0.05, 0) is 47.4 Å². The SMILES string of the molecule is O=C(CNC(=O)OCC1c2ccccc2-c2ccccc21)NCC1CCCC(C(=O)O)C1. The summed E-state index contributed by atoms with van der Waals surface area (Å²) in [5.74, 6) is -1.28. The number of carboxylic acids is 1. The molecule has 2 aliphatic carbocycles. The number of benzene rings is 2. The third-order valence-electron chi connectivity index (χ3n) is 6.46. The van der Waals surface area contributed by atoms with Gasteiger partial charge in [0.25, 0.3) is 0 Å². The number of nitrogens with one attached hydrogen (secondary N) is 2. The maximum Gasteiger partial charge on any atom is 0.407 e. The molecule has 2 atom stereocenters. The van der Waals surface area contributed by atoms with Gasteiger partial charge in [-0.25, -0.2) is 4.79 Å². The Kier molecular flexibility index (Phi) is 6.73. The summed E-state index contributed by atoms with van der Waals surface area (Å²) < 4.78 is 5.43. The van der Waals surface area contributed by atoms with E-state index in [0.29, 0.717) is 19.4 Å². The Hall–Kier alpha value is -3.35. The predicted octanol–water partition coefficient (Wildman–Crippen LogP) is 3.53. The van der Waals surface area contributed by atoms with E-state index in [1.54, 1.807) is 0 Å². The molecule has 7 heteroatoms. The zero-order chi connectivity index (χ0) is 22.5. The van der Waals surface area contributed by atoms with Gasteiger partial charge in [-0.15, -0.1) is 0 Å². The number of alkyl carbamates (subject to hydrolysis) is 1. The third kappa shape index (κ3) is 4.93. The van der Waals surface area contributed by atoms with Crippen molar-refractivity contribution in [1.82, 2.24) is 10.6 Å². The molecule has 0 aromatic heterocycles. The van der Waals surface area contributed by atoms with Crippen LogP contribution in [-0.4, -0.2) is 42.8 Å². The summed E-state index contributed by atoms with van der Waals surface area (Å²) in [4.78, 5) is 35.4. The Bertz CT molecular complexity index is 960. The van der Waals surface area contributed by atoms with E-state index in [1.807, 2.05) is 24.3 Å². The molecular weight excluding hydrogens is 408 g/mol. The first-order valence-corrected chi connectivity index (χ1v) is 11.1. The fourth-order valence-corrected chi connectivity index (χ4v) is 4.82. The molecule has 4 rings (SSSR count). The van der Waals surface area contributed by atoms with E-state index in [2.05, 4.69) is 34.9 Å². The number of carboxylic acid groups (broad SMARTS) is 1. The lowest BCUT2D eigenvalue weighted by atomic mass is 9.81. The standard InChI is InChI=1S/C25H28N2O5/c28-23(26-13-16-6-5-7-17(12-16)24(29)30)14-27-25(31)32-15-22-20-10-3-1-8-18(20)19-9-2-4-11-21(19)22/h1-4,8-11,16-17,22H,5-7,12-15H2,(H,26,28)(H,27,31)(H,29,30). The second-order valence-corrected chi connectivity index (χ2v) is 8.55. The molecule has 0 heterocycles. The van der Waals surface area contributed by atoms with Crippen LogP contribution in [0, 0.1) is 11.8 Å². The van der Waals surface area contributed by atoms with Crippen LogP contribution >= 0.6 is 0 Å². The van der Waals surface area contributed by atoms with Gasteiger partial charge in [-0.2, -0.15) is 0 Å². The summed E-state index contributed by atoms with van der Waals surface area (Å²) in [6.45, 7) is 0.445. The van der Waals surface area contributed by atoms with Crippen molar-refractivity contribution >= 4 is 18.0 Å². The number of rotatable bonds is 7. The van der Waals surface area contributed by atoms with Crippen molar-refractivity contribution in [3.8, 4) is 11.1 Å². The molecule has 3 N–H and O–H groups in total. The average molecular weight is 437 g/mol. The minimum absolute atomic E-state index is 0.0320. The summed E-state index contributed by atoms with van der Waals surface area (Å²) >= 11 is 0. The van der Waals surface area contributed by atoms with Crippen molar-refractivity contribution < 1.29 is 24.2 Å². The van der Waals surface area contributed by atoms with E-state index in [-0.39, 0.29) is 36.8 Å². The fourth-order valence-electron chi connectivity index (χ4n) is 4.82. The van der Waals surface area contributed by atoms with Crippen LogP contribution in [0.3, 0.4) is 0 Å². The Labute approximate surface area is 187 Å². The maximum absolute atomic E-state index is 12.2. The number of carbonyl (C=O) groups is 3. The van der Waals surface area contributed by atoms with Gasteiger partial charge in [0, 0.05) is 12.5 Å². The number of hydrogen-bond donors (Lipinski definition) is 3. The van der Waals surface area contributed by atoms with E-state index in [1.165, 1.54) is 0 Å². The molecule has 0 saturated heterocycles. The normalized spacial score (nSPS) is 19.5. The van der Waals surface area contributed by atoms with Crippen molar-refractivity contribution in [2.75, 3.05) is 19.7 Å². The molecule has 0 aliphatic heterocycles. The van der Waals surface area contributed by atoms with Crippen LogP contribution in [0.5, 0.6) is 0 Å². The Morgan fingerprint density at radius 3 is 2.25 bits per heavy atom. The molecule has 2 amide bonds. The molecule has 0 spiro atoms. The van der Waals surface area contributed by atoms with Crippen LogP contribution in [0.25, 0.3) is 11.1 Å². The smallest absolute Gasteiger partial charge is 0.407 e. The first kappa shape index (κ1) is 21.9. The van der Waals surface area contributed by atoms with Gasteiger partial charge in [0.05, 0.1) is 12.5 Å². The monoisotopic (exact) mass is 436 g/mol.